The zero-order valence-electron chi connectivity index (χ0n) is 17.4. The number of likely N-dealkylation sites (tertiary alicyclic amines) is 1. The SMILES string of the molecule is COc1ccc(C2/C(=C(/O)c3ccc(Cl)cc3)C(=O)C(=O)N2C2CCCC2)cc1OC. The van der Waals surface area contributed by atoms with Crippen LogP contribution in [0.1, 0.15) is 42.9 Å². The summed E-state index contributed by atoms with van der Waals surface area (Å²) in [5.41, 5.74) is 1.19. The molecule has 31 heavy (non-hydrogen) atoms. The van der Waals surface area contributed by atoms with Gasteiger partial charge in [0.2, 0.25) is 0 Å². The Morgan fingerprint density at radius 1 is 1.00 bits per heavy atom. The van der Waals surface area contributed by atoms with E-state index in [1.54, 1.807) is 54.5 Å². The maximum atomic E-state index is 13.1. The zero-order chi connectivity index (χ0) is 22.1. The second kappa shape index (κ2) is 8.63. The van der Waals surface area contributed by atoms with Crippen LogP contribution in [-0.4, -0.2) is 42.0 Å². The van der Waals surface area contributed by atoms with Gasteiger partial charge < -0.3 is 19.5 Å². The van der Waals surface area contributed by atoms with Crippen molar-refractivity contribution in [1.82, 2.24) is 4.90 Å². The normalized spacial score (nSPS) is 21.0. The maximum Gasteiger partial charge on any atom is 0.295 e. The number of ether oxygens (including phenoxy) is 2. The molecule has 2 aromatic rings. The minimum Gasteiger partial charge on any atom is -0.507 e. The van der Waals surface area contributed by atoms with Crippen molar-refractivity contribution in [1.29, 1.82) is 0 Å². The molecule has 1 amide bonds. The lowest BCUT2D eigenvalue weighted by molar-refractivity contribution is -0.141. The minimum absolute atomic E-state index is 0.0509. The highest BCUT2D eigenvalue weighted by Crippen LogP contribution is 2.45. The predicted molar refractivity (Wildman–Crippen MR) is 117 cm³/mol. The predicted octanol–water partition coefficient (Wildman–Crippen LogP) is 4.72. The van der Waals surface area contributed by atoms with Gasteiger partial charge in [0.25, 0.3) is 11.7 Å². The van der Waals surface area contributed by atoms with Gasteiger partial charge in [-0.3, -0.25) is 9.59 Å². The number of hydrogen-bond donors (Lipinski definition) is 1. The van der Waals surface area contributed by atoms with E-state index in [0.29, 0.717) is 27.6 Å². The molecule has 2 fully saturated rings. The van der Waals surface area contributed by atoms with E-state index in [0.717, 1.165) is 25.7 Å². The first-order valence-electron chi connectivity index (χ1n) is 10.2. The summed E-state index contributed by atoms with van der Waals surface area (Å²) in [6.45, 7) is 0. The molecule has 1 aliphatic heterocycles. The van der Waals surface area contributed by atoms with Crippen LogP contribution in [0.25, 0.3) is 5.76 Å². The number of rotatable bonds is 5. The van der Waals surface area contributed by atoms with E-state index in [1.165, 1.54) is 7.11 Å². The zero-order valence-corrected chi connectivity index (χ0v) is 18.2. The lowest BCUT2D eigenvalue weighted by Gasteiger charge is -2.31. The number of halogens is 1. The molecule has 6 nitrogen and oxygen atoms in total. The largest absolute Gasteiger partial charge is 0.507 e. The van der Waals surface area contributed by atoms with Gasteiger partial charge in [-0.05, 0) is 54.8 Å². The first-order chi connectivity index (χ1) is 15.0. The van der Waals surface area contributed by atoms with Crippen LogP contribution in [0.5, 0.6) is 11.5 Å². The van der Waals surface area contributed by atoms with Crippen LogP contribution in [-0.2, 0) is 9.59 Å². The lowest BCUT2D eigenvalue weighted by atomic mass is 9.94. The first kappa shape index (κ1) is 21.2. The van der Waals surface area contributed by atoms with Crippen molar-refractivity contribution in [3.05, 3.63) is 64.2 Å². The van der Waals surface area contributed by atoms with Crippen molar-refractivity contribution in [2.75, 3.05) is 14.2 Å². The minimum atomic E-state index is -0.710. The van der Waals surface area contributed by atoms with Gasteiger partial charge in [0, 0.05) is 16.6 Å². The molecule has 0 spiro atoms. The Balaban J connectivity index is 1.90. The van der Waals surface area contributed by atoms with Crippen LogP contribution in [0.2, 0.25) is 5.02 Å². The Hall–Kier alpha value is -2.99. The van der Waals surface area contributed by atoms with Crippen LogP contribution in [0.15, 0.2) is 48.0 Å². The number of carbonyl (C=O) groups excluding carboxylic acids is 2. The third kappa shape index (κ3) is 3.76. The average molecular weight is 442 g/mol. The third-order valence-electron chi connectivity index (χ3n) is 6.04. The van der Waals surface area contributed by atoms with Crippen molar-refractivity contribution in [3.8, 4) is 11.5 Å². The van der Waals surface area contributed by atoms with E-state index in [2.05, 4.69) is 0 Å². The lowest BCUT2D eigenvalue weighted by Crippen LogP contribution is -2.37. The maximum absolute atomic E-state index is 13.1. The van der Waals surface area contributed by atoms with Gasteiger partial charge in [0.15, 0.2) is 11.5 Å². The highest BCUT2D eigenvalue weighted by atomic mass is 35.5. The average Bonchev–Trinajstić information content (AvgIpc) is 3.40. The van der Waals surface area contributed by atoms with Crippen molar-refractivity contribution < 1.29 is 24.2 Å². The second-order valence-corrected chi connectivity index (χ2v) is 8.20. The quantitative estimate of drug-likeness (QED) is 0.412. The van der Waals surface area contributed by atoms with Crippen LogP contribution in [0, 0.1) is 0 Å². The van der Waals surface area contributed by atoms with Gasteiger partial charge in [0.1, 0.15) is 5.76 Å². The Morgan fingerprint density at radius 3 is 2.26 bits per heavy atom. The number of ketones is 1. The van der Waals surface area contributed by atoms with Gasteiger partial charge in [-0.1, -0.05) is 30.5 Å². The molecule has 1 saturated heterocycles. The molecule has 7 heteroatoms. The molecular weight excluding hydrogens is 418 g/mol. The fraction of sp³-hybridized carbons (Fsp3) is 0.333. The molecule has 0 aromatic heterocycles. The van der Waals surface area contributed by atoms with Gasteiger partial charge in [0.05, 0.1) is 25.8 Å². The highest BCUT2D eigenvalue weighted by molar-refractivity contribution is 6.46. The van der Waals surface area contributed by atoms with E-state index < -0.39 is 17.7 Å². The van der Waals surface area contributed by atoms with Crippen LogP contribution < -0.4 is 9.47 Å². The molecule has 1 unspecified atom stereocenters. The van der Waals surface area contributed by atoms with Crippen molar-refractivity contribution >= 4 is 29.1 Å². The number of nitrogens with zero attached hydrogens (tertiary/aromatic N) is 1. The molecular formula is C24H24ClNO5. The Bertz CT molecular complexity index is 1040. The smallest absolute Gasteiger partial charge is 0.295 e. The standard InChI is InChI=1S/C24H24ClNO5/c1-30-18-12-9-15(13-19(18)31-2)21-20(22(27)14-7-10-16(25)11-8-14)23(28)24(29)26(21)17-5-3-4-6-17/h7-13,17,21,27H,3-6H2,1-2H3/b22-20-. The summed E-state index contributed by atoms with van der Waals surface area (Å²) in [6, 6.07) is 11.1. The molecule has 4 rings (SSSR count). The number of hydrogen-bond acceptors (Lipinski definition) is 5. The number of methoxy groups -OCH3 is 2. The third-order valence-corrected chi connectivity index (χ3v) is 6.29. The van der Waals surface area contributed by atoms with Gasteiger partial charge >= 0.3 is 0 Å². The summed E-state index contributed by atoms with van der Waals surface area (Å²) < 4.78 is 10.8. The van der Waals surface area contributed by atoms with E-state index in [9.17, 15) is 14.7 Å². The summed E-state index contributed by atoms with van der Waals surface area (Å²) in [4.78, 5) is 27.9. The molecule has 2 aromatic carbocycles. The fourth-order valence-corrected chi connectivity index (χ4v) is 4.65. The number of amides is 1. The van der Waals surface area contributed by atoms with E-state index in [1.807, 2.05) is 0 Å². The molecule has 1 N–H and O–H groups in total. The summed E-state index contributed by atoms with van der Waals surface area (Å²) in [5, 5.41) is 11.6. The van der Waals surface area contributed by atoms with Crippen LogP contribution >= 0.6 is 11.6 Å². The molecule has 2 aliphatic rings. The molecule has 1 heterocycles. The van der Waals surface area contributed by atoms with Crippen LogP contribution in [0.3, 0.4) is 0 Å². The molecule has 1 aliphatic carbocycles. The summed E-state index contributed by atoms with van der Waals surface area (Å²) in [6.07, 6.45) is 3.67. The van der Waals surface area contributed by atoms with E-state index >= 15 is 0 Å². The monoisotopic (exact) mass is 441 g/mol. The Kier molecular flexibility index (Phi) is 5.92. The first-order valence-corrected chi connectivity index (χ1v) is 10.6. The van der Waals surface area contributed by atoms with E-state index in [-0.39, 0.29) is 17.4 Å². The number of Topliss-reactive ketones (excluding diaryl/α,β-unsaturated/α-hetero) is 1. The molecule has 1 atom stereocenters. The summed E-state index contributed by atoms with van der Waals surface area (Å²) in [5.74, 6) is -0.443. The van der Waals surface area contributed by atoms with Crippen molar-refractivity contribution in [3.63, 3.8) is 0 Å². The highest BCUT2D eigenvalue weighted by Gasteiger charge is 2.49. The van der Waals surface area contributed by atoms with Gasteiger partial charge in [-0.2, -0.15) is 0 Å². The number of carbonyl (C=O) groups is 2. The molecule has 162 valence electrons. The van der Waals surface area contributed by atoms with Crippen LogP contribution in [0.4, 0.5) is 0 Å². The molecule has 1 saturated carbocycles. The topological polar surface area (TPSA) is 76.1 Å². The number of aliphatic hydroxyl groups excluding tert-OH is 1. The number of benzene rings is 2. The van der Waals surface area contributed by atoms with E-state index in [4.69, 9.17) is 21.1 Å². The molecule has 0 bridgehead atoms. The van der Waals surface area contributed by atoms with Gasteiger partial charge in [-0.15, -0.1) is 0 Å². The van der Waals surface area contributed by atoms with Crippen molar-refractivity contribution in [2.24, 2.45) is 0 Å². The summed E-state index contributed by atoms with van der Waals surface area (Å²) in [7, 11) is 3.08. The Morgan fingerprint density at radius 2 is 1.65 bits per heavy atom. The fourth-order valence-electron chi connectivity index (χ4n) is 4.52. The number of aliphatic hydroxyl groups is 1. The summed E-state index contributed by atoms with van der Waals surface area (Å²) >= 11 is 5.97. The van der Waals surface area contributed by atoms with Crippen molar-refractivity contribution in [2.45, 2.75) is 37.8 Å². The Labute approximate surface area is 186 Å². The molecule has 0 radical (unpaired) electrons. The second-order valence-electron chi connectivity index (χ2n) is 7.77. The van der Waals surface area contributed by atoms with Gasteiger partial charge in [-0.25, -0.2) is 0 Å².